The van der Waals surface area contributed by atoms with E-state index in [9.17, 15) is 4.79 Å². The molecule has 6 nitrogen and oxygen atoms in total. The Kier molecular flexibility index (Phi) is 4.65. The molecule has 2 rings (SSSR count). The Morgan fingerprint density at radius 2 is 2.05 bits per heavy atom. The minimum absolute atomic E-state index is 0.00120. The predicted molar refractivity (Wildman–Crippen MR) is 86.7 cm³/mol. The normalized spacial score (nSPS) is 14.6. The number of hydrogen-bond donors (Lipinski definition) is 0. The van der Waals surface area contributed by atoms with Crippen molar-refractivity contribution >= 4 is 17.2 Å². The van der Waals surface area contributed by atoms with E-state index in [2.05, 4.69) is 15.5 Å². The summed E-state index contributed by atoms with van der Waals surface area (Å²) in [5.74, 6) is 0.712. The highest BCUT2D eigenvalue weighted by Crippen LogP contribution is 2.27. The largest absolute Gasteiger partial charge is 0.336 e. The molecule has 2 aromatic rings. The van der Waals surface area contributed by atoms with Gasteiger partial charge >= 0.3 is 0 Å². The average molecular weight is 321 g/mol. The van der Waals surface area contributed by atoms with Gasteiger partial charge in [0.05, 0.1) is 6.04 Å². The summed E-state index contributed by atoms with van der Waals surface area (Å²) >= 11 is 1.65. The van der Waals surface area contributed by atoms with Crippen molar-refractivity contribution < 1.29 is 4.79 Å². The lowest BCUT2D eigenvalue weighted by atomic mass is 9.95. The molecule has 7 heteroatoms. The molecule has 0 N–H and O–H groups in total. The summed E-state index contributed by atoms with van der Waals surface area (Å²) in [5.41, 5.74) is -0.212. The summed E-state index contributed by atoms with van der Waals surface area (Å²) in [6, 6.07) is 3.64. The molecule has 0 aliphatic rings. The Hall–Kier alpha value is -1.76. The third kappa shape index (κ3) is 3.19. The van der Waals surface area contributed by atoms with E-state index in [1.165, 1.54) is 0 Å². The smallest absolute Gasteiger partial charge is 0.247 e. The van der Waals surface area contributed by atoms with Gasteiger partial charge in [-0.15, -0.1) is 16.4 Å². The second kappa shape index (κ2) is 6.16. The molecule has 120 valence electrons. The average Bonchev–Trinajstić information content (AvgIpc) is 3.13. The second-order valence-corrected chi connectivity index (χ2v) is 7.49. The molecule has 0 fully saturated rings. The lowest BCUT2D eigenvalue weighted by Gasteiger charge is -2.28. The standard InChI is InChI=1S/C15H23N5OS/c1-10(12-8-7-9-22-12)19(6)13(21)11(2)20-14(15(3,4)5)16-17-18-20/h7-11H,1-6H3/t10-,11-/m0/s1. The first kappa shape index (κ1) is 16.6. The third-order valence-electron chi connectivity index (χ3n) is 3.77. The number of rotatable bonds is 4. The summed E-state index contributed by atoms with van der Waals surface area (Å²) in [6.45, 7) is 9.96. The molecule has 1 amide bonds. The molecule has 0 unspecified atom stereocenters. The topological polar surface area (TPSA) is 63.9 Å². The number of aromatic nitrogens is 4. The van der Waals surface area contributed by atoms with Gasteiger partial charge in [0.1, 0.15) is 6.04 Å². The van der Waals surface area contributed by atoms with Crippen LogP contribution >= 0.6 is 11.3 Å². The van der Waals surface area contributed by atoms with Gasteiger partial charge in [-0.05, 0) is 35.7 Å². The van der Waals surface area contributed by atoms with E-state index >= 15 is 0 Å². The number of likely N-dealkylation sites (N-methyl/N-ethyl adjacent to an activating group) is 1. The molecule has 0 radical (unpaired) electrons. The molecule has 0 saturated carbocycles. The fraction of sp³-hybridized carbons (Fsp3) is 0.600. The minimum atomic E-state index is -0.434. The van der Waals surface area contributed by atoms with Crippen molar-refractivity contribution in [2.45, 2.75) is 52.1 Å². The Labute approximate surface area is 135 Å². The first-order valence-corrected chi connectivity index (χ1v) is 8.20. The SMILES string of the molecule is C[C@@H](c1cccs1)N(C)C(=O)[C@H](C)n1nnnc1C(C)(C)C. The number of hydrogen-bond acceptors (Lipinski definition) is 5. The summed E-state index contributed by atoms with van der Waals surface area (Å²) in [7, 11) is 1.82. The number of nitrogens with zero attached hydrogens (tertiary/aromatic N) is 5. The summed E-state index contributed by atoms with van der Waals surface area (Å²) in [4.78, 5) is 15.7. The molecule has 0 aliphatic carbocycles. The van der Waals surface area contributed by atoms with Crippen LogP contribution in [0.5, 0.6) is 0 Å². The van der Waals surface area contributed by atoms with Crippen LogP contribution in [0, 0.1) is 0 Å². The van der Waals surface area contributed by atoms with E-state index in [-0.39, 0.29) is 17.4 Å². The maximum atomic E-state index is 12.8. The van der Waals surface area contributed by atoms with Crippen LogP contribution in [0.3, 0.4) is 0 Å². The molecular weight excluding hydrogens is 298 g/mol. The van der Waals surface area contributed by atoms with E-state index in [4.69, 9.17) is 0 Å². The van der Waals surface area contributed by atoms with E-state index in [1.54, 1.807) is 20.9 Å². The fourth-order valence-electron chi connectivity index (χ4n) is 2.26. The fourth-order valence-corrected chi connectivity index (χ4v) is 3.08. The van der Waals surface area contributed by atoms with Gasteiger partial charge in [-0.2, -0.15) is 0 Å². The molecule has 2 atom stereocenters. The highest BCUT2D eigenvalue weighted by molar-refractivity contribution is 7.10. The number of tetrazole rings is 1. The van der Waals surface area contributed by atoms with Crippen molar-refractivity contribution in [1.82, 2.24) is 25.1 Å². The van der Waals surface area contributed by atoms with Gasteiger partial charge < -0.3 is 4.90 Å². The summed E-state index contributed by atoms with van der Waals surface area (Å²) < 4.78 is 1.62. The van der Waals surface area contributed by atoms with Gasteiger partial charge in [-0.1, -0.05) is 26.8 Å². The Morgan fingerprint density at radius 1 is 1.36 bits per heavy atom. The van der Waals surface area contributed by atoms with Crippen LogP contribution in [0.25, 0.3) is 0 Å². The quantitative estimate of drug-likeness (QED) is 0.868. The molecule has 2 aromatic heterocycles. The zero-order valence-electron chi connectivity index (χ0n) is 13.9. The van der Waals surface area contributed by atoms with Gasteiger partial charge in [0.25, 0.3) is 0 Å². The molecule has 0 bridgehead atoms. The van der Waals surface area contributed by atoms with Crippen molar-refractivity contribution in [3.05, 3.63) is 28.2 Å². The van der Waals surface area contributed by atoms with Crippen LogP contribution in [0.1, 0.15) is 57.4 Å². The zero-order chi connectivity index (χ0) is 16.5. The van der Waals surface area contributed by atoms with E-state index in [1.807, 2.05) is 59.2 Å². The van der Waals surface area contributed by atoms with Crippen LogP contribution in [0.2, 0.25) is 0 Å². The summed E-state index contributed by atoms with van der Waals surface area (Å²) in [5, 5.41) is 13.9. The van der Waals surface area contributed by atoms with Crippen molar-refractivity contribution in [3.63, 3.8) is 0 Å². The highest BCUT2D eigenvalue weighted by atomic mass is 32.1. The predicted octanol–water partition coefficient (Wildman–Crippen LogP) is 2.81. The first-order chi connectivity index (χ1) is 10.2. The molecule has 0 saturated heterocycles. The van der Waals surface area contributed by atoms with Crippen molar-refractivity contribution in [1.29, 1.82) is 0 Å². The van der Waals surface area contributed by atoms with Crippen LogP contribution < -0.4 is 0 Å². The Bertz CT molecular complexity index is 629. The van der Waals surface area contributed by atoms with Crippen LogP contribution in [0.4, 0.5) is 0 Å². The third-order valence-corrected chi connectivity index (χ3v) is 4.81. The van der Waals surface area contributed by atoms with Gasteiger partial charge in [0.15, 0.2) is 5.82 Å². The Balaban J connectivity index is 2.21. The monoisotopic (exact) mass is 321 g/mol. The Morgan fingerprint density at radius 3 is 2.59 bits per heavy atom. The van der Waals surface area contributed by atoms with Crippen LogP contribution in [-0.2, 0) is 10.2 Å². The van der Waals surface area contributed by atoms with Gasteiger partial charge in [-0.3, -0.25) is 4.79 Å². The van der Waals surface area contributed by atoms with Gasteiger partial charge in [-0.25, -0.2) is 4.68 Å². The molecular formula is C15H23N5OS. The number of thiophene rings is 1. The maximum absolute atomic E-state index is 12.8. The van der Waals surface area contributed by atoms with E-state index in [0.717, 1.165) is 4.88 Å². The van der Waals surface area contributed by atoms with Crippen molar-refractivity contribution in [2.75, 3.05) is 7.05 Å². The highest BCUT2D eigenvalue weighted by Gasteiger charge is 2.30. The molecule has 0 aromatic carbocycles. The van der Waals surface area contributed by atoms with Crippen molar-refractivity contribution in [3.8, 4) is 0 Å². The minimum Gasteiger partial charge on any atom is -0.336 e. The maximum Gasteiger partial charge on any atom is 0.247 e. The second-order valence-electron chi connectivity index (χ2n) is 6.51. The zero-order valence-corrected chi connectivity index (χ0v) is 14.8. The summed E-state index contributed by atoms with van der Waals surface area (Å²) in [6.07, 6.45) is 0. The lowest BCUT2D eigenvalue weighted by Crippen LogP contribution is -2.36. The first-order valence-electron chi connectivity index (χ1n) is 7.32. The number of carbonyl (C=O) groups excluding carboxylic acids is 1. The molecule has 22 heavy (non-hydrogen) atoms. The lowest BCUT2D eigenvalue weighted by molar-refractivity contribution is -0.135. The van der Waals surface area contributed by atoms with Gasteiger partial charge in [0, 0.05) is 17.3 Å². The number of carbonyl (C=O) groups is 1. The van der Waals surface area contributed by atoms with Crippen LogP contribution in [-0.4, -0.2) is 38.1 Å². The molecule has 0 spiro atoms. The molecule has 0 aliphatic heterocycles. The molecule has 2 heterocycles. The van der Waals surface area contributed by atoms with Crippen LogP contribution in [0.15, 0.2) is 17.5 Å². The van der Waals surface area contributed by atoms with E-state index < -0.39 is 6.04 Å². The van der Waals surface area contributed by atoms with Gasteiger partial charge in [0.2, 0.25) is 5.91 Å². The van der Waals surface area contributed by atoms with Crippen molar-refractivity contribution in [2.24, 2.45) is 0 Å². The number of amides is 1. The van der Waals surface area contributed by atoms with E-state index in [0.29, 0.717) is 5.82 Å².